The zero-order chi connectivity index (χ0) is 19.4. The molecule has 2 atom stereocenters. The summed E-state index contributed by atoms with van der Waals surface area (Å²) < 4.78 is 33.9. The number of para-hydroxylation sites is 1. The van der Waals surface area contributed by atoms with Gasteiger partial charge in [0.1, 0.15) is 11.0 Å². The molecule has 1 saturated heterocycles. The minimum atomic E-state index is -3.61. The van der Waals surface area contributed by atoms with Crippen LogP contribution in [0.15, 0.2) is 48.5 Å². The van der Waals surface area contributed by atoms with E-state index in [1.165, 1.54) is 0 Å². The predicted molar refractivity (Wildman–Crippen MR) is 105 cm³/mol. The van der Waals surface area contributed by atoms with Crippen molar-refractivity contribution in [2.45, 2.75) is 17.7 Å². The Hall–Kier alpha value is -1.64. The van der Waals surface area contributed by atoms with Crippen LogP contribution in [0.5, 0.6) is 5.75 Å². The quantitative estimate of drug-likeness (QED) is 0.760. The van der Waals surface area contributed by atoms with Crippen molar-refractivity contribution in [3.05, 3.63) is 64.7 Å². The van der Waals surface area contributed by atoms with E-state index in [0.29, 0.717) is 11.4 Å². The Labute approximate surface area is 165 Å². The lowest BCUT2D eigenvalue weighted by Crippen LogP contribution is -2.40. The summed E-state index contributed by atoms with van der Waals surface area (Å²) in [4.78, 5) is 5.51. The summed E-state index contributed by atoms with van der Waals surface area (Å²) in [5.74, 6) is 0.745. The first-order chi connectivity index (χ1) is 12.9. The van der Waals surface area contributed by atoms with E-state index in [9.17, 15) is 8.42 Å². The molecule has 0 radical (unpaired) electrons. The van der Waals surface area contributed by atoms with E-state index in [-0.39, 0.29) is 13.2 Å². The molecular weight excluding hydrogens is 388 g/mol. The molecule has 0 spiro atoms. The SMILES string of the molecule is COc1ccccc1CCNS(=O)(=O)C1CON(C)C1c1ccccc1Cl. The van der Waals surface area contributed by atoms with E-state index in [1.54, 1.807) is 25.3 Å². The van der Waals surface area contributed by atoms with Crippen LogP contribution in [-0.4, -0.2) is 46.0 Å². The Balaban J connectivity index is 1.73. The van der Waals surface area contributed by atoms with Crippen molar-refractivity contribution in [1.29, 1.82) is 0 Å². The molecule has 0 saturated carbocycles. The number of hydrogen-bond acceptors (Lipinski definition) is 5. The Morgan fingerprint density at radius 3 is 2.67 bits per heavy atom. The average molecular weight is 411 g/mol. The van der Waals surface area contributed by atoms with Crippen LogP contribution in [0.3, 0.4) is 0 Å². The van der Waals surface area contributed by atoms with Gasteiger partial charge in [0.2, 0.25) is 10.0 Å². The average Bonchev–Trinajstić information content (AvgIpc) is 3.05. The van der Waals surface area contributed by atoms with E-state index in [4.69, 9.17) is 21.2 Å². The van der Waals surface area contributed by atoms with Crippen molar-refractivity contribution < 1.29 is 18.0 Å². The maximum absolute atomic E-state index is 12.9. The Morgan fingerprint density at radius 2 is 1.93 bits per heavy atom. The highest BCUT2D eigenvalue weighted by Crippen LogP contribution is 2.36. The van der Waals surface area contributed by atoms with E-state index < -0.39 is 21.3 Å². The predicted octanol–water partition coefficient (Wildman–Crippen LogP) is 2.80. The maximum atomic E-state index is 12.9. The Morgan fingerprint density at radius 1 is 1.22 bits per heavy atom. The maximum Gasteiger partial charge on any atom is 0.218 e. The van der Waals surface area contributed by atoms with Crippen molar-refractivity contribution in [2.75, 3.05) is 27.3 Å². The summed E-state index contributed by atoms with van der Waals surface area (Å²) in [5, 5.41) is 1.33. The van der Waals surface area contributed by atoms with Gasteiger partial charge >= 0.3 is 0 Å². The number of nitrogens with one attached hydrogen (secondary N) is 1. The summed E-state index contributed by atoms with van der Waals surface area (Å²) in [7, 11) is -0.292. The van der Waals surface area contributed by atoms with Gasteiger partial charge in [0.05, 0.1) is 19.8 Å². The van der Waals surface area contributed by atoms with Crippen LogP contribution >= 0.6 is 11.6 Å². The molecule has 2 unspecified atom stereocenters. The molecule has 8 heteroatoms. The fraction of sp³-hybridized carbons (Fsp3) is 0.368. The normalized spacial score (nSPS) is 20.7. The third-order valence-corrected chi connectivity index (χ3v) is 6.84. The second-order valence-electron chi connectivity index (χ2n) is 6.35. The molecule has 2 aromatic carbocycles. The first-order valence-corrected chi connectivity index (χ1v) is 10.6. The molecule has 27 heavy (non-hydrogen) atoms. The van der Waals surface area contributed by atoms with Crippen molar-refractivity contribution >= 4 is 21.6 Å². The van der Waals surface area contributed by atoms with Crippen LogP contribution in [0.25, 0.3) is 0 Å². The second-order valence-corrected chi connectivity index (χ2v) is 8.74. The highest BCUT2D eigenvalue weighted by Gasteiger charge is 2.43. The largest absolute Gasteiger partial charge is 0.496 e. The minimum Gasteiger partial charge on any atom is -0.496 e. The van der Waals surface area contributed by atoms with Crippen LogP contribution in [0.2, 0.25) is 5.02 Å². The highest BCUT2D eigenvalue weighted by atomic mass is 35.5. The van der Waals surface area contributed by atoms with Gasteiger partial charge in [-0.05, 0) is 29.7 Å². The van der Waals surface area contributed by atoms with Crippen molar-refractivity contribution in [3.63, 3.8) is 0 Å². The molecule has 1 heterocycles. The van der Waals surface area contributed by atoms with Crippen LogP contribution in [0.4, 0.5) is 0 Å². The van der Waals surface area contributed by atoms with Crippen LogP contribution in [0, 0.1) is 0 Å². The molecule has 1 N–H and O–H groups in total. The number of benzene rings is 2. The molecular formula is C19H23ClN2O4S. The van der Waals surface area contributed by atoms with E-state index >= 15 is 0 Å². The van der Waals surface area contributed by atoms with Crippen LogP contribution in [0.1, 0.15) is 17.2 Å². The summed E-state index contributed by atoms with van der Waals surface area (Å²) in [5.41, 5.74) is 1.68. The van der Waals surface area contributed by atoms with E-state index in [1.807, 2.05) is 42.5 Å². The molecule has 3 rings (SSSR count). The smallest absolute Gasteiger partial charge is 0.218 e. The van der Waals surface area contributed by atoms with Gasteiger partial charge in [-0.15, -0.1) is 0 Å². The molecule has 0 bridgehead atoms. The van der Waals surface area contributed by atoms with E-state index in [2.05, 4.69) is 4.72 Å². The molecule has 1 aliphatic heterocycles. The number of hydroxylamine groups is 2. The molecule has 146 valence electrons. The lowest BCUT2D eigenvalue weighted by Gasteiger charge is -2.24. The van der Waals surface area contributed by atoms with Gasteiger partial charge in [-0.2, -0.15) is 5.06 Å². The highest BCUT2D eigenvalue weighted by molar-refractivity contribution is 7.90. The first-order valence-electron chi connectivity index (χ1n) is 8.64. The van der Waals surface area contributed by atoms with Crippen molar-refractivity contribution in [3.8, 4) is 5.75 Å². The van der Waals surface area contributed by atoms with Crippen molar-refractivity contribution in [2.24, 2.45) is 0 Å². The third kappa shape index (κ3) is 4.44. The zero-order valence-corrected chi connectivity index (χ0v) is 16.8. The van der Waals surface area contributed by atoms with Crippen molar-refractivity contribution in [1.82, 2.24) is 9.79 Å². The molecule has 1 fully saturated rings. The summed E-state index contributed by atoms with van der Waals surface area (Å²) in [6.45, 7) is 0.356. The second kappa shape index (κ2) is 8.58. The molecule has 2 aromatic rings. The Kier molecular flexibility index (Phi) is 6.39. The number of rotatable bonds is 7. The summed E-state index contributed by atoms with van der Waals surface area (Å²) >= 11 is 6.29. The number of halogens is 1. The van der Waals surface area contributed by atoms with Gasteiger partial charge in [-0.25, -0.2) is 13.1 Å². The Bertz CT molecular complexity index is 891. The number of nitrogens with zero attached hydrogens (tertiary/aromatic N) is 1. The lowest BCUT2D eigenvalue weighted by molar-refractivity contribution is -0.110. The molecule has 6 nitrogen and oxygen atoms in total. The lowest BCUT2D eigenvalue weighted by atomic mass is 10.0. The van der Waals surface area contributed by atoms with Gasteiger partial charge in [-0.3, -0.25) is 4.84 Å². The topological polar surface area (TPSA) is 67.9 Å². The zero-order valence-electron chi connectivity index (χ0n) is 15.3. The third-order valence-electron chi connectivity index (χ3n) is 4.70. The molecule has 0 amide bonds. The van der Waals surface area contributed by atoms with Crippen LogP contribution in [-0.2, 0) is 21.3 Å². The fourth-order valence-corrected chi connectivity index (χ4v) is 5.06. The number of ether oxygens (including phenoxy) is 1. The minimum absolute atomic E-state index is 0.0797. The number of hydrogen-bond donors (Lipinski definition) is 1. The van der Waals surface area contributed by atoms with Gasteiger partial charge in [0, 0.05) is 18.6 Å². The number of methoxy groups -OCH3 is 1. The first kappa shape index (κ1) is 20.1. The van der Waals surface area contributed by atoms with Gasteiger partial charge in [-0.1, -0.05) is 48.0 Å². The molecule has 0 aliphatic carbocycles. The molecule has 0 aromatic heterocycles. The monoisotopic (exact) mass is 410 g/mol. The van der Waals surface area contributed by atoms with Gasteiger partial charge in [0.15, 0.2) is 0 Å². The van der Waals surface area contributed by atoms with Gasteiger partial charge < -0.3 is 4.74 Å². The number of sulfonamides is 1. The van der Waals surface area contributed by atoms with E-state index in [0.717, 1.165) is 16.9 Å². The van der Waals surface area contributed by atoms with Crippen LogP contribution < -0.4 is 9.46 Å². The summed E-state index contributed by atoms with van der Waals surface area (Å²) in [6.07, 6.45) is 0.531. The summed E-state index contributed by atoms with van der Waals surface area (Å²) in [6, 6.07) is 14.3. The molecule has 1 aliphatic rings. The van der Waals surface area contributed by atoms with Gasteiger partial charge in [0.25, 0.3) is 0 Å². The fourth-order valence-electron chi connectivity index (χ4n) is 3.31. The standard InChI is InChI=1S/C19H23ClN2O4S/c1-22-19(15-8-4-5-9-16(15)20)18(13-26-22)27(23,24)21-12-11-14-7-3-6-10-17(14)25-2/h3-10,18-19,21H,11-13H2,1-2H3.